The van der Waals surface area contributed by atoms with E-state index < -0.39 is 12.1 Å². The fraction of sp³-hybridized carbons (Fsp3) is 0.800. The molecule has 1 heterocycles. The molecule has 1 N–H and O–H groups in total. The molecule has 1 saturated heterocycles. The molecule has 0 aromatic carbocycles. The van der Waals surface area contributed by atoms with Crippen molar-refractivity contribution in [3.05, 3.63) is 0 Å². The maximum atomic E-state index is 12.7. The number of carbonyl (C=O) groups excluding carboxylic acids is 3. The van der Waals surface area contributed by atoms with E-state index in [0.29, 0.717) is 26.2 Å². The Morgan fingerprint density at radius 1 is 1.09 bits per heavy atom. The first kappa shape index (κ1) is 18.3. The minimum atomic E-state index is -0.608. The molecule has 0 saturated carbocycles. The Kier molecular flexibility index (Phi) is 7.14. The van der Waals surface area contributed by atoms with Crippen molar-refractivity contribution in [2.45, 2.75) is 40.2 Å². The lowest BCUT2D eigenvalue weighted by atomic mass is 10.0. The Hall–Kier alpha value is -1.79. The molecule has 0 radical (unpaired) electrons. The van der Waals surface area contributed by atoms with Crippen molar-refractivity contribution in [2.24, 2.45) is 5.92 Å². The van der Waals surface area contributed by atoms with Gasteiger partial charge >= 0.3 is 6.09 Å². The van der Waals surface area contributed by atoms with Gasteiger partial charge < -0.3 is 19.9 Å². The molecule has 0 bridgehead atoms. The molecular weight excluding hydrogens is 286 g/mol. The average molecular weight is 313 g/mol. The molecule has 7 heteroatoms. The number of ether oxygens (including phenoxy) is 1. The molecule has 22 heavy (non-hydrogen) atoms. The van der Waals surface area contributed by atoms with Crippen molar-refractivity contribution in [3.8, 4) is 0 Å². The highest BCUT2D eigenvalue weighted by atomic mass is 16.5. The van der Waals surface area contributed by atoms with E-state index in [4.69, 9.17) is 4.74 Å². The lowest BCUT2D eigenvalue weighted by Crippen LogP contribution is -2.52. The first-order valence-corrected chi connectivity index (χ1v) is 7.84. The van der Waals surface area contributed by atoms with Gasteiger partial charge in [0, 0.05) is 33.1 Å². The Labute approximate surface area is 132 Å². The minimum absolute atomic E-state index is 0.0272. The van der Waals surface area contributed by atoms with Crippen LogP contribution >= 0.6 is 0 Å². The molecule has 126 valence electrons. The van der Waals surface area contributed by atoms with Crippen LogP contribution in [-0.4, -0.2) is 66.5 Å². The number of hydrogen-bond donors (Lipinski definition) is 1. The molecule has 1 unspecified atom stereocenters. The van der Waals surface area contributed by atoms with E-state index in [1.165, 1.54) is 6.92 Å². The average Bonchev–Trinajstić information content (AvgIpc) is 2.70. The van der Waals surface area contributed by atoms with Crippen LogP contribution in [0.1, 0.15) is 34.1 Å². The van der Waals surface area contributed by atoms with Gasteiger partial charge in [0.1, 0.15) is 6.04 Å². The number of alkyl carbamates (subject to hydrolysis) is 1. The summed E-state index contributed by atoms with van der Waals surface area (Å²) < 4.78 is 4.86. The fourth-order valence-corrected chi connectivity index (χ4v) is 2.46. The van der Waals surface area contributed by atoms with Crippen molar-refractivity contribution >= 4 is 17.9 Å². The van der Waals surface area contributed by atoms with E-state index in [1.54, 1.807) is 16.7 Å². The summed E-state index contributed by atoms with van der Waals surface area (Å²) in [6, 6.07) is -0.608. The Morgan fingerprint density at radius 3 is 2.23 bits per heavy atom. The predicted octanol–water partition coefficient (Wildman–Crippen LogP) is 0.838. The van der Waals surface area contributed by atoms with Crippen LogP contribution in [0.3, 0.4) is 0 Å². The van der Waals surface area contributed by atoms with Crippen LogP contribution < -0.4 is 5.32 Å². The van der Waals surface area contributed by atoms with Gasteiger partial charge in [0.25, 0.3) is 0 Å². The largest absolute Gasteiger partial charge is 0.450 e. The van der Waals surface area contributed by atoms with Gasteiger partial charge in [-0.1, -0.05) is 13.8 Å². The molecular formula is C15H27N3O4. The van der Waals surface area contributed by atoms with E-state index in [9.17, 15) is 14.4 Å². The number of nitrogens with zero attached hydrogens (tertiary/aromatic N) is 2. The molecule has 0 spiro atoms. The van der Waals surface area contributed by atoms with Gasteiger partial charge in [-0.3, -0.25) is 9.59 Å². The first-order valence-electron chi connectivity index (χ1n) is 7.84. The van der Waals surface area contributed by atoms with Gasteiger partial charge in [-0.2, -0.15) is 0 Å². The van der Waals surface area contributed by atoms with Crippen molar-refractivity contribution in [3.63, 3.8) is 0 Å². The molecule has 3 amide bonds. The third-order valence-corrected chi connectivity index (χ3v) is 3.73. The lowest BCUT2D eigenvalue weighted by molar-refractivity contribution is -0.135. The number of carbonyl (C=O) groups is 3. The maximum absolute atomic E-state index is 12.7. The predicted molar refractivity (Wildman–Crippen MR) is 82.2 cm³/mol. The molecule has 0 aromatic rings. The molecule has 1 rings (SSSR count). The molecule has 1 aliphatic heterocycles. The summed E-state index contributed by atoms with van der Waals surface area (Å²) in [5, 5.41) is 2.64. The number of nitrogens with one attached hydrogen (secondary N) is 1. The molecule has 1 fully saturated rings. The molecule has 0 aromatic heterocycles. The van der Waals surface area contributed by atoms with E-state index in [0.717, 1.165) is 6.42 Å². The highest BCUT2D eigenvalue weighted by Crippen LogP contribution is 2.10. The maximum Gasteiger partial charge on any atom is 0.407 e. The van der Waals surface area contributed by atoms with Crippen molar-refractivity contribution in [2.75, 3.05) is 32.8 Å². The second-order valence-corrected chi connectivity index (χ2v) is 5.77. The van der Waals surface area contributed by atoms with Crippen molar-refractivity contribution < 1.29 is 19.1 Å². The van der Waals surface area contributed by atoms with Crippen LogP contribution in [0.5, 0.6) is 0 Å². The fourth-order valence-electron chi connectivity index (χ4n) is 2.46. The Morgan fingerprint density at radius 2 is 1.68 bits per heavy atom. The Balaban J connectivity index is 2.69. The van der Waals surface area contributed by atoms with Gasteiger partial charge in [0.2, 0.25) is 11.8 Å². The molecule has 1 atom stereocenters. The minimum Gasteiger partial charge on any atom is -0.450 e. The van der Waals surface area contributed by atoms with Crippen LogP contribution in [0.25, 0.3) is 0 Å². The highest BCUT2D eigenvalue weighted by molar-refractivity contribution is 5.86. The zero-order chi connectivity index (χ0) is 16.7. The van der Waals surface area contributed by atoms with E-state index in [1.807, 2.05) is 13.8 Å². The third-order valence-electron chi connectivity index (χ3n) is 3.73. The Bertz CT molecular complexity index is 412. The van der Waals surface area contributed by atoms with Crippen LogP contribution in [0, 0.1) is 5.92 Å². The zero-order valence-electron chi connectivity index (χ0n) is 13.9. The van der Waals surface area contributed by atoms with Gasteiger partial charge in [-0.05, 0) is 19.3 Å². The lowest BCUT2D eigenvalue weighted by Gasteiger charge is -2.28. The molecule has 1 aliphatic rings. The summed E-state index contributed by atoms with van der Waals surface area (Å²) in [4.78, 5) is 39.2. The van der Waals surface area contributed by atoms with E-state index >= 15 is 0 Å². The van der Waals surface area contributed by atoms with Crippen LogP contribution in [0.4, 0.5) is 4.79 Å². The summed E-state index contributed by atoms with van der Waals surface area (Å²) in [5.74, 6) is -0.128. The SMILES string of the molecule is CCOC(=O)NC(C(=O)N1CCCN(C(C)=O)CC1)C(C)C. The van der Waals surface area contributed by atoms with Crippen LogP contribution in [-0.2, 0) is 14.3 Å². The van der Waals surface area contributed by atoms with Crippen LogP contribution in [0.15, 0.2) is 0 Å². The molecule has 0 aliphatic carbocycles. The molecule has 7 nitrogen and oxygen atoms in total. The van der Waals surface area contributed by atoms with Gasteiger partial charge in [0.15, 0.2) is 0 Å². The highest BCUT2D eigenvalue weighted by Gasteiger charge is 2.30. The van der Waals surface area contributed by atoms with Gasteiger partial charge in [-0.25, -0.2) is 4.79 Å². The second-order valence-electron chi connectivity index (χ2n) is 5.77. The summed E-state index contributed by atoms with van der Waals surface area (Å²) in [7, 11) is 0. The summed E-state index contributed by atoms with van der Waals surface area (Å²) in [6.45, 7) is 9.57. The van der Waals surface area contributed by atoms with E-state index in [2.05, 4.69) is 5.32 Å². The smallest absolute Gasteiger partial charge is 0.407 e. The summed E-state index contributed by atoms with van der Waals surface area (Å²) >= 11 is 0. The number of hydrogen-bond acceptors (Lipinski definition) is 4. The van der Waals surface area contributed by atoms with Crippen LogP contribution in [0.2, 0.25) is 0 Å². The topological polar surface area (TPSA) is 79.0 Å². The zero-order valence-corrected chi connectivity index (χ0v) is 13.9. The number of amides is 3. The number of rotatable bonds is 4. The van der Waals surface area contributed by atoms with Crippen molar-refractivity contribution in [1.29, 1.82) is 0 Å². The normalized spacial score (nSPS) is 17.0. The van der Waals surface area contributed by atoms with Gasteiger partial charge in [-0.15, -0.1) is 0 Å². The summed E-state index contributed by atoms with van der Waals surface area (Å²) in [6.07, 6.45) is 0.171. The third kappa shape index (κ3) is 5.20. The quantitative estimate of drug-likeness (QED) is 0.834. The van der Waals surface area contributed by atoms with Gasteiger partial charge in [0.05, 0.1) is 6.61 Å². The monoisotopic (exact) mass is 313 g/mol. The van der Waals surface area contributed by atoms with E-state index in [-0.39, 0.29) is 24.3 Å². The van der Waals surface area contributed by atoms with Crippen molar-refractivity contribution in [1.82, 2.24) is 15.1 Å². The first-order chi connectivity index (χ1) is 10.4. The standard InChI is InChI=1S/C15H27N3O4/c1-5-22-15(21)16-13(11(2)3)14(20)18-8-6-7-17(9-10-18)12(4)19/h11,13H,5-10H2,1-4H3,(H,16,21). The second kappa shape index (κ2) is 8.60. The summed E-state index contributed by atoms with van der Waals surface area (Å²) in [5.41, 5.74) is 0.